The molecule has 2 heteroatoms. The molecule has 0 radical (unpaired) electrons. The van der Waals surface area contributed by atoms with Gasteiger partial charge < -0.3 is 10.5 Å². The Kier molecular flexibility index (Phi) is 2.43. The molecule has 2 bridgehead atoms. The molecule has 2 nitrogen and oxygen atoms in total. The van der Waals surface area contributed by atoms with Crippen LogP contribution >= 0.6 is 0 Å². The Morgan fingerprint density at radius 3 is 2.85 bits per heavy atom. The zero-order valence-corrected chi connectivity index (χ0v) is 8.55. The predicted octanol–water partition coefficient (Wildman–Crippen LogP) is 1.85. The summed E-state index contributed by atoms with van der Waals surface area (Å²) in [6.45, 7) is 5.21. The summed E-state index contributed by atoms with van der Waals surface area (Å²) >= 11 is 0. The van der Waals surface area contributed by atoms with Gasteiger partial charge in [0.2, 0.25) is 0 Å². The Morgan fingerprint density at radius 1 is 1.46 bits per heavy atom. The van der Waals surface area contributed by atoms with E-state index in [1.54, 1.807) is 0 Å². The number of hydrogen-bond donors (Lipinski definition) is 1. The lowest BCUT2D eigenvalue weighted by molar-refractivity contribution is 0.0473. The second-order valence-corrected chi connectivity index (χ2v) is 4.45. The summed E-state index contributed by atoms with van der Waals surface area (Å²) in [7, 11) is 0. The molecule has 1 fully saturated rings. The summed E-state index contributed by atoms with van der Waals surface area (Å²) in [6, 6.07) is 0. The Balaban J connectivity index is 2.28. The molecule has 13 heavy (non-hydrogen) atoms. The molecule has 0 amide bonds. The highest BCUT2D eigenvalue weighted by molar-refractivity contribution is 5.26. The van der Waals surface area contributed by atoms with Crippen molar-refractivity contribution in [2.45, 2.75) is 45.3 Å². The van der Waals surface area contributed by atoms with Crippen LogP contribution in [0.15, 0.2) is 11.1 Å². The van der Waals surface area contributed by atoms with E-state index in [-0.39, 0.29) is 0 Å². The molecular formula is C11H19NO. The van der Waals surface area contributed by atoms with Crippen molar-refractivity contribution >= 4 is 0 Å². The van der Waals surface area contributed by atoms with E-state index in [0.29, 0.717) is 18.1 Å². The molecule has 2 N–H and O–H groups in total. The Bertz CT molecular complexity index is 232. The number of rotatable bonds is 2. The monoisotopic (exact) mass is 181 g/mol. The molecular weight excluding hydrogens is 162 g/mol. The zero-order chi connectivity index (χ0) is 9.42. The first kappa shape index (κ1) is 9.22. The van der Waals surface area contributed by atoms with Crippen molar-refractivity contribution in [1.29, 1.82) is 0 Å². The molecule has 0 spiro atoms. The number of hydrogen-bond acceptors (Lipinski definition) is 2. The fraction of sp³-hybridized carbons (Fsp3) is 0.818. The lowest BCUT2D eigenvalue weighted by Gasteiger charge is -2.29. The van der Waals surface area contributed by atoms with Gasteiger partial charge >= 0.3 is 0 Å². The van der Waals surface area contributed by atoms with Crippen LogP contribution in [0.1, 0.15) is 33.1 Å². The average molecular weight is 181 g/mol. The van der Waals surface area contributed by atoms with Crippen molar-refractivity contribution in [2.24, 2.45) is 11.7 Å². The zero-order valence-electron chi connectivity index (χ0n) is 8.55. The van der Waals surface area contributed by atoms with Crippen molar-refractivity contribution in [1.82, 2.24) is 0 Å². The van der Waals surface area contributed by atoms with E-state index >= 15 is 0 Å². The first-order valence-corrected chi connectivity index (χ1v) is 5.29. The van der Waals surface area contributed by atoms with Crippen LogP contribution in [0, 0.1) is 5.92 Å². The van der Waals surface area contributed by atoms with E-state index in [4.69, 9.17) is 10.5 Å². The van der Waals surface area contributed by atoms with Gasteiger partial charge in [0.15, 0.2) is 0 Å². The molecule has 2 unspecified atom stereocenters. The van der Waals surface area contributed by atoms with E-state index in [1.807, 2.05) is 0 Å². The van der Waals surface area contributed by atoms with Gasteiger partial charge in [-0.05, 0) is 30.8 Å². The van der Waals surface area contributed by atoms with E-state index < -0.39 is 0 Å². The maximum Gasteiger partial charge on any atom is 0.0795 e. The minimum atomic E-state index is 0.400. The summed E-state index contributed by atoms with van der Waals surface area (Å²) in [4.78, 5) is 0. The van der Waals surface area contributed by atoms with E-state index in [1.165, 1.54) is 24.0 Å². The highest BCUT2D eigenvalue weighted by atomic mass is 16.5. The SMILES string of the molecule is CC(C)C1=C(CN)CC2CCC1O2. The standard InChI is InChI=1S/C11H19NO/c1-7(2)11-8(6-12)5-9-3-4-10(11)13-9/h7,9-10H,3-6,12H2,1-2H3. The van der Waals surface area contributed by atoms with Crippen LogP contribution in [0.3, 0.4) is 0 Å². The third kappa shape index (κ3) is 1.53. The van der Waals surface area contributed by atoms with Crippen LogP contribution in [-0.4, -0.2) is 18.8 Å². The van der Waals surface area contributed by atoms with Crippen LogP contribution < -0.4 is 5.73 Å². The van der Waals surface area contributed by atoms with E-state index in [0.717, 1.165) is 13.0 Å². The van der Waals surface area contributed by atoms with E-state index in [9.17, 15) is 0 Å². The molecule has 0 saturated carbocycles. The van der Waals surface area contributed by atoms with Crippen LogP contribution in [0.5, 0.6) is 0 Å². The Morgan fingerprint density at radius 2 is 2.23 bits per heavy atom. The van der Waals surface area contributed by atoms with Gasteiger partial charge in [0, 0.05) is 6.54 Å². The van der Waals surface area contributed by atoms with Crippen LogP contribution in [-0.2, 0) is 4.74 Å². The van der Waals surface area contributed by atoms with Gasteiger partial charge in [-0.1, -0.05) is 19.4 Å². The highest BCUT2D eigenvalue weighted by Crippen LogP contribution is 2.39. The second-order valence-electron chi connectivity index (χ2n) is 4.45. The molecule has 2 heterocycles. The number of ether oxygens (including phenoxy) is 1. The summed E-state index contributed by atoms with van der Waals surface area (Å²) in [5.41, 5.74) is 8.73. The molecule has 1 saturated heterocycles. The normalized spacial score (nSPS) is 33.2. The van der Waals surface area contributed by atoms with Crippen molar-refractivity contribution in [3.8, 4) is 0 Å². The van der Waals surface area contributed by atoms with Crippen molar-refractivity contribution in [2.75, 3.05) is 6.54 Å². The largest absolute Gasteiger partial charge is 0.370 e. The molecule has 0 aromatic carbocycles. The van der Waals surface area contributed by atoms with Crippen LogP contribution in [0.25, 0.3) is 0 Å². The fourth-order valence-electron chi connectivity index (χ4n) is 2.69. The quantitative estimate of drug-likeness (QED) is 0.660. The predicted molar refractivity (Wildman–Crippen MR) is 53.4 cm³/mol. The molecule has 0 aromatic heterocycles. The number of fused-ring (bicyclic) bond motifs is 2. The average Bonchev–Trinajstić information content (AvgIpc) is 2.46. The van der Waals surface area contributed by atoms with Crippen molar-refractivity contribution in [3.05, 3.63) is 11.1 Å². The third-order valence-electron chi connectivity index (χ3n) is 3.21. The lowest BCUT2D eigenvalue weighted by Crippen LogP contribution is -2.27. The summed E-state index contributed by atoms with van der Waals surface area (Å²) < 4.78 is 5.89. The molecule has 2 aliphatic rings. The first-order valence-electron chi connectivity index (χ1n) is 5.29. The molecule has 0 aromatic rings. The van der Waals surface area contributed by atoms with Crippen molar-refractivity contribution in [3.63, 3.8) is 0 Å². The van der Waals surface area contributed by atoms with Crippen molar-refractivity contribution < 1.29 is 4.74 Å². The fourth-order valence-corrected chi connectivity index (χ4v) is 2.69. The molecule has 0 aliphatic carbocycles. The molecule has 2 aliphatic heterocycles. The molecule has 2 atom stereocenters. The molecule has 2 rings (SSSR count). The third-order valence-corrected chi connectivity index (χ3v) is 3.21. The summed E-state index contributed by atoms with van der Waals surface area (Å²) in [6.07, 6.45) is 4.40. The second kappa shape index (κ2) is 3.43. The van der Waals surface area contributed by atoms with E-state index in [2.05, 4.69) is 13.8 Å². The van der Waals surface area contributed by atoms with Gasteiger partial charge in [0.1, 0.15) is 0 Å². The van der Waals surface area contributed by atoms with Gasteiger partial charge in [-0.15, -0.1) is 0 Å². The van der Waals surface area contributed by atoms with Gasteiger partial charge in [-0.3, -0.25) is 0 Å². The summed E-state index contributed by atoms with van der Waals surface area (Å²) in [5, 5.41) is 0. The number of nitrogens with two attached hydrogens (primary N) is 1. The lowest BCUT2D eigenvalue weighted by atomic mass is 9.90. The first-order chi connectivity index (χ1) is 6.22. The van der Waals surface area contributed by atoms with Gasteiger partial charge in [-0.2, -0.15) is 0 Å². The van der Waals surface area contributed by atoms with Gasteiger partial charge in [-0.25, -0.2) is 0 Å². The highest BCUT2D eigenvalue weighted by Gasteiger charge is 2.35. The Labute approximate surface area is 80.1 Å². The molecule has 74 valence electrons. The van der Waals surface area contributed by atoms with Gasteiger partial charge in [0.05, 0.1) is 12.2 Å². The maximum absolute atomic E-state index is 5.89. The minimum Gasteiger partial charge on any atom is -0.370 e. The van der Waals surface area contributed by atoms with Gasteiger partial charge in [0.25, 0.3) is 0 Å². The smallest absolute Gasteiger partial charge is 0.0795 e. The minimum absolute atomic E-state index is 0.400. The maximum atomic E-state index is 5.89. The van der Waals surface area contributed by atoms with Crippen LogP contribution in [0.4, 0.5) is 0 Å². The topological polar surface area (TPSA) is 35.2 Å². The Hall–Kier alpha value is -0.340. The van der Waals surface area contributed by atoms with Crippen LogP contribution in [0.2, 0.25) is 0 Å². The summed E-state index contributed by atoms with van der Waals surface area (Å²) in [5.74, 6) is 0.600.